The fraction of sp³-hybridized carbons (Fsp3) is 0.140. The van der Waals surface area contributed by atoms with Crippen molar-refractivity contribution in [1.82, 2.24) is 0 Å². The lowest BCUT2D eigenvalue weighted by Gasteiger charge is -2.35. The van der Waals surface area contributed by atoms with Gasteiger partial charge in [0, 0.05) is 83.8 Å². The molecule has 0 unspecified atom stereocenters. The molecule has 4 heteroatoms. The average molecular weight is 1440 g/mol. The first-order valence-corrected chi connectivity index (χ1v) is 39.6. The lowest BCUT2D eigenvalue weighted by atomic mass is 9.81. The molecule has 0 radical (unpaired) electrons. The number of rotatable bonds is 20. The average Bonchev–Trinajstić information content (AvgIpc) is 1.64. The fourth-order valence-corrected chi connectivity index (χ4v) is 16.7. The monoisotopic (exact) mass is 1430 g/mol. The standard InChI is InChI=1S/C107H94N4/c1-71(2)75-43-51-87(52-44-75)108(91-39-23-35-83(63-91)79-27-15-11-16-28-79)95-60-62-98-100(67-95)106(111(90-57-49-78(50-58-90)74(7)8)94-42-26-38-86(66-94)82-33-21-14-22-34-82)101-69-99-97-61-59-96(109(88-53-45-76(46-54-88)72(3)4)92-40-24-36-84(64-92)80-29-17-12-18-30-80)68-103(97)107(9,10)104(99)70-102(101)105(98)110(89-55-47-77(48-56-89)73(5)6)93-41-25-37-85(65-93)81-31-19-13-20-32-81/h11-74H,1-10H3. The van der Waals surface area contributed by atoms with Crippen LogP contribution in [-0.2, 0) is 5.41 Å². The topological polar surface area (TPSA) is 13.0 Å². The summed E-state index contributed by atoms with van der Waals surface area (Å²) in [4.78, 5) is 10.1. The van der Waals surface area contributed by atoms with Gasteiger partial charge in [-0.25, -0.2) is 0 Å². The lowest BCUT2D eigenvalue weighted by Crippen LogP contribution is -2.18. The van der Waals surface area contributed by atoms with Gasteiger partial charge in [-0.1, -0.05) is 300 Å². The Morgan fingerprint density at radius 2 is 0.450 bits per heavy atom. The highest BCUT2D eigenvalue weighted by atomic mass is 15.2. The third-order valence-corrected chi connectivity index (χ3v) is 22.9. The number of hydrogen-bond acceptors (Lipinski definition) is 4. The highest BCUT2D eigenvalue weighted by Crippen LogP contribution is 2.59. The highest BCUT2D eigenvalue weighted by molar-refractivity contribution is 6.25. The van der Waals surface area contributed by atoms with Gasteiger partial charge in [0.2, 0.25) is 0 Å². The van der Waals surface area contributed by atoms with Crippen LogP contribution in [-0.4, -0.2) is 0 Å². The van der Waals surface area contributed by atoms with E-state index in [2.05, 4.69) is 453 Å². The van der Waals surface area contributed by atoms with E-state index in [1.54, 1.807) is 0 Å². The van der Waals surface area contributed by atoms with Crippen LogP contribution >= 0.6 is 0 Å². The number of fused-ring (bicyclic) bond motifs is 5. The van der Waals surface area contributed by atoms with Crippen molar-refractivity contribution in [3.63, 3.8) is 0 Å². The van der Waals surface area contributed by atoms with Crippen LogP contribution in [0.5, 0.6) is 0 Å². The van der Waals surface area contributed by atoms with E-state index in [1.165, 1.54) is 55.6 Å². The van der Waals surface area contributed by atoms with Gasteiger partial charge in [-0.3, -0.25) is 0 Å². The Labute approximate surface area is 656 Å². The molecule has 16 aromatic carbocycles. The zero-order chi connectivity index (χ0) is 76.0. The first-order chi connectivity index (χ1) is 54.1. The van der Waals surface area contributed by atoms with Crippen molar-refractivity contribution in [2.45, 2.75) is 98.3 Å². The SMILES string of the molecule is CC(C)c1ccc(N(c2cccc(-c3ccccc3)c2)c2ccc3c(c2)C(C)(C)c2cc4c(N(c5ccc(C(C)C)cc5)c5cccc(-c6ccccc6)c5)c5ccc(N(c6ccc(C(C)C)cc6)c6cccc(-c7ccccc7)c6)cc5c(N(c5ccc(C(C)C)cc5)c5cccc(-c6ccccc6)c5)c4cc2-3)cc1. The minimum absolute atomic E-state index is 0.322. The van der Waals surface area contributed by atoms with E-state index in [0.717, 1.165) is 123 Å². The summed E-state index contributed by atoms with van der Waals surface area (Å²) >= 11 is 0. The van der Waals surface area contributed by atoms with Crippen molar-refractivity contribution in [3.8, 4) is 55.6 Å². The maximum atomic E-state index is 2.61. The van der Waals surface area contributed by atoms with Gasteiger partial charge in [-0.2, -0.15) is 0 Å². The van der Waals surface area contributed by atoms with Gasteiger partial charge in [0.15, 0.2) is 0 Å². The Morgan fingerprint density at radius 3 is 0.802 bits per heavy atom. The lowest BCUT2D eigenvalue weighted by molar-refractivity contribution is 0.661. The summed E-state index contributed by atoms with van der Waals surface area (Å²) in [5, 5.41) is 4.43. The molecule has 0 amide bonds. The van der Waals surface area contributed by atoms with E-state index >= 15 is 0 Å². The molecule has 4 nitrogen and oxygen atoms in total. The van der Waals surface area contributed by atoms with Gasteiger partial charge < -0.3 is 19.6 Å². The minimum atomic E-state index is -0.489. The quantitative estimate of drug-likeness (QED) is 0.0557. The van der Waals surface area contributed by atoms with Crippen molar-refractivity contribution in [3.05, 3.63) is 397 Å². The molecule has 16 aromatic rings. The molecule has 17 rings (SSSR count). The first kappa shape index (κ1) is 71.2. The summed E-state index contributed by atoms with van der Waals surface area (Å²) in [6.07, 6.45) is 0. The second-order valence-corrected chi connectivity index (χ2v) is 31.7. The van der Waals surface area contributed by atoms with Crippen molar-refractivity contribution in [2.75, 3.05) is 19.6 Å². The Bertz CT molecular complexity index is 6020. The third-order valence-electron chi connectivity index (χ3n) is 22.9. The smallest absolute Gasteiger partial charge is 0.0620 e. The van der Waals surface area contributed by atoms with Crippen LogP contribution in [0.4, 0.5) is 68.2 Å². The summed E-state index contributed by atoms with van der Waals surface area (Å²) in [5.41, 5.74) is 31.8. The number of anilines is 12. The zero-order valence-corrected chi connectivity index (χ0v) is 65.2. The van der Waals surface area contributed by atoms with Crippen LogP contribution < -0.4 is 19.6 Å². The minimum Gasteiger partial charge on any atom is -0.310 e. The Balaban J connectivity index is 1.01. The molecule has 0 saturated heterocycles. The molecular weight excluding hydrogens is 1340 g/mol. The molecule has 1 aliphatic carbocycles. The van der Waals surface area contributed by atoms with E-state index in [0.29, 0.717) is 23.7 Å². The third kappa shape index (κ3) is 13.8. The van der Waals surface area contributed by atoms with Crippen molar-refractivity contribution >= 4 is 89.8 Å². The predicted molar refractivity (Wildman–Crippen MR) is 476 cm³/mol. The second-order valence-electron chi connectivity index (χ2n) is 31.7. The van der Waals surface area contributed by atoms with E-state index in [-0.39, 0.29) is 0 Å². The van der Waals surface area contributed by atoms with Crippen LogP contribution in [0, 0.1) is 0 Å². The number of nitrogens with zero attached hydrogens (tertiary/aromatic N) is 4. The Kier molecular flexibility index (Phi) is 19.2. The molecule has 0 spiro atoms. The maximum Gasteiger partial charge on any atom is 0.0620 e. The van der Waals surface area contributed by atoms with Gasteiger partial charge in [-0.15, -0.1) is 0 Å². The summed E-state index contributed by atoms with van der Waals surface area (Å²) < 4.78 is 0. The summed E-state index contributed by atoms with van der Waals surface area (Å²) in [6.45, 7) is 23.2. The van der Waals surface area contributed by atoms with Crippen LogP contribution in [0.25, 0.3) is 77.2 Å². The molecule has 0 N–H and O–H groups in total. The van der Waals surface area contributed by atoms with Gasteiger partial charge in [0.1, 0.15) is 0 Å². The summed E-state index contributed by atoms with van der Waals surface area (Å²) in [5.74, 6) is 1.40. The zero-order valence-electron chi connectivity index (χ0n) is 65.2. The van der Waals surface area contributed by atoms with E-state index in [9.17, 15) is 0 Å². The van der Waals surface area contributed by atoms with Crippen LogP contribution in [0.2, 0.25) is 0 Å². The molecule has 0 bridgehead atoms. The molecule has 0 heterocycles. The van der Waals surface area contributed by atoms with Crippen LogP contribution in [0.1, 0.15) is 126 Å². The normalized spacial score (nSPS) is 12.3. The number of benzene rings is 16. The molecule has 542 valence electrons. The number of hydrogen-bond donors (Lipinski definition) is 0. The molecule has 0 fully saturated rings. The van der Waals surface area contributed by atoms with Crippen molar-refractivity contribution in [2.24, 2.45) is 0 Å². The fourth-order valence-electron chi connectivity index (χ4n) is 16.7. The maximum absolute atomic E-state index is 2.61. The van der Waals surface area contributed by atoms with Gasteiger partial charge in [-0.05, 0) is 246 Å². The molecule has 0 saturated carbocycles. The molecule has 0 aliphatic heterocycles. The highest BCUT2D eigenvalue weighted by Gasteiger charge is 2.39. The van der Waals surface area contributed by atoms with E-state index < -0.39 is 5.41 Å². The summed E-state index contributed by atoms with van der Waals surface area (Å²) in [6, 6.07) is 137. The van der Waals surface area contributed by atoms with Crippen LogP contribution in [0.15, 0.2) is 364 Å². The summed E-state index contributed by atoms with van der Waals surface area (Å²) in [7, 11) is 0. The molecule has 0 aromatic heterocycles. The largest absolute Gasteiger partial charge is 0.310 e. The first-order valence-electron chi connectivity index (χ1n) is 39.6. The van der Waals surface area contributed by atoms with Crippen LogP contribution in [0.3, 0.4) is 0 Å². The molecule has 111 heavy (non-hydrogen) atoms. The molecule has 1 aliphatic rings. The van der Waals surface area contributed by atoms with Crippen molar-refractivity contribution in [1.29, 1.82) is 0 Å². The molecule has 0 atom stereocenters. The Hall–Kier alpha value is -12.8. The Morgan fingerprint density at radius 1 is 0.189 bits per heavy atom. The predicted octanol–water partition coefficient (Wildman–Crippen LogP) is 31.3. The molecular formula is C107H94N4. The van der Waals surface area contributed by atoms with E-state index in [1.807, 2.05) is 0 Å². The van der Waals surface area contributed by atoms with Crippen molar-refractivity contribution < 1.29 is 0 Å². The van der Waals surface area contributed by atoms with Gasteiger partial charge in [0.25, 0.3) is 0 Å². The van der Waals surface area contributed by atoms with E-state index in [4.69, 9.17) is 0 Å². The van der Waals surface area contributed by atoms with Gasteiger partial charge >= 0.3 is 0 Å². The van der Waals surface area contributed by atoms with Gasteiger partial charge in [0.05, 0.1) is 11.4 Å². The second kappa shape index (κ2) is 30.0.